The van der Waals surface area contributed by atoms with Gasteiger partial charge in [-0.25, -0.2) is 8.78 Å². The summed E-state index contributed by atoms with van der Waals surface area (Å²) in [5.41, 5.74) is 6.23. The molecule has 1 heterocycles. The van der Waals surface area contributed by atoms with Gasteiger partial charge < -0.3 is 15.5 Å². The van der Waals surface area contributed by atoms with Gasteiger partial charge in [0.05, 0.1) is 0 Å². The molecule has 1 aromatic carbocycles. The molecule has 2 aromatic rings. The lowest BCUT2D eigenvalue weighted by Crippen LogP contribution is -2.29. The van der Waals surface area contributed by atoms with Crippen LogP contribution in [0.25, 0.3) is 11.1 Å². The fourth-order valence-electron chi connectivity index (χ4n) is 2.70. The Morgan fingerprint density at radius 2 is 1.90 bits per heavy atom. The molecule has 1 aromatic heterocycles. The van der Waals surface area contributed by atoms with Crippen LogP contribution in [0.5, 0.6) is 0 Å². The van der Waals surface area contributed by atoms with Gasteiger partial charge in [-0.1, -0.05) is 0 Å². The second-order valence-corrected chi connectivity index (χ2v) is 5.35. The molecular formula is C14H17F2N3O. The normalized spacial score (nSPS) is 23.1. The van der Waals surface area contributed by atoms with Crippen LogP contribution in [0.2, 0.25) is 0 Å². The van der Waals surface area contributed by atoms with Crippen molar-refractivity contribution in [2.24, 2.45) is 11.7 Å². The van der Waals surface area contributed by atoms with Crippen LogP contribution in [-0.4, -0.2) is 17.6 Å². The third-order valence-electron chi connectivity index (χ3n) is 3.94. The largest absolute Gasteiger partial charge is 0.423 e. The van der Waals surface area contributed by atoms with Crippen molar-refractivity contribution in [3.63, 3.8) is 0 Å². The summed E-state index contributed by atoms with van der Waals surface area (Å²) in [4.78, 5) is 4.14. The van der Waals surface area contributed by atoms with Gasteiger partial charge in [-0.15, -0.1) is 0 Å². The maximum atomic E-state index is 13.1. The summed E-state index contributed by atoms with van der Waals surface area (Å²) in [6.45, 7) is 0.730. The SMILES string of the molecule is NCC1CCC(Nc2nc3cc(F)c(F)cc3o2)CC1. The molecular weight excluding hydrogens is 264 g/mol. The fraction of sp³-hybridized carbons (Fsp3) is 0.500. The molecule has 1 aliphatic rings. The Morgan fingerprint density at radius 1 is 1.20 bits per heavy atom. The first kappa shape index (κ1) is 13.3. The fourth-order valence-corrected chi connectivity index (χ4v) is 2.70. The first-order valence-corrected chi connectivity index (χ1v) is 6.88. The lowest BCUT2D eigenvalue weighted by atomic mass is 9.86. The standard InChI is InChI=1S/C14H17F2N3O/c15-10-5-12-13(6-11(10)16)20-14(19-12)18-9-3-1-8(7-17)2-4-9/h5-6,8-9H,1-4,7,17H2,(H,18,19). The summed E-state index contributed by atoms with van der Waals surface area (Å²) in [5.74, 6) is -1.25. The molecule has 3 rings (SSSR count). The van der Waals surface area contributed by atoms with E-state index in [1.54, 1.807) is 0 Å². The number of hydrogen-bond donors (Lipinski definition) is 2. The highest BCUT2D eigenvalue weighted by Gasteiger charge is 2.21. The highest BCUT2D eigenvalue weighted by Crippen LogP contribution is 2.27. The minimum atomic E-state index is -0.927. The maximum Gasteiger partial charge on any atom is 0.295 e. The van der Waals surface area contributed by atoms with Gasteiger partial charge in [0.1, 0.15) is 5.52 Å². The molecule has 3 N–H and O–H groups in total. The Kier molecular flexibility index (Phi) is 3.56. The molecule has 1 fully saturated rings. The van der Waals surface area contributed by atoms with Crippen molar-refractivity contribution in [1.82, 2.24) is 4.98 Å². The number of fused-ring (bicyclic) bond motifs is 1. The van der Waals surface area contributed by atoms with E-state index in [0.717, 1.165) is 44.4 Å². The summed E-state index contributed by atoms with van der Waals surface area (Å²) in [6, 6.07) is 2.67. The first-order chi connectivity index (χ1) is 9.65. The molecule has 1 aliphatic carbocycles. The van der Waals surface area contributed by atoms with Gasteiger partial charge in [0.25, 0.3) is 6.01 Å². The van der Waals surface area contributed by atoms with E-state index in [1.165, 1.54) is 0 Å². The van der Waals surface area contributed by atoms with Crippen LogP contribution < -0.4 is 11.1 Å². The topological polar surface area (TPSA) is 64.1 Å². The van der Waals surface area contributed by atoms with E-state index in [9.17, 15) is 8.78 Å². The van der Waals surface area contributed by atoms with Gasteiger partial charge in [0, 0.05) is 18.2 Å². The Bertz CT molecular complexity index is 567. The number of aromatic nitrogens is 1. The van der Waals surface area contributed by atoms with E-state index in [0.29, 0.717) is 17.4 Å². The van der Waals surface area contributed by atoms with E-state index < -0.39 is 11.6 Å². The van der Waals surface area contributed by atoms with Crippen LogP contribution in [0.4, 0.5) is 14.8 Å². The molecule has 0 atom stereocenters. The Labute approximate surface area is 115 Å². The molecule has 0 bridgehead atoms. The molecule has 108 valence electrons. The zero-order chi connectivity index (χ0) is 14.1. The molecule has 0 spiro atoms. The first-order valence-electron chi connectivity index (χ1n) is 6.88. The van der Waals surface area contributed by atoms with Crippen molar-refractivity contribution in [1.29, 1.82) is 0 Å². The van der Waals surface area contributed by atoms with Gasteiger partial charge in [-0.2, -0.15) is 4.98 Å². The molecule has 0 saturated heterocycles. The van der Waals surface area contributed by atoms with E-state index in [1.807, 2.05) is 0 Å². The van der Waals surface area contributed by atoms with E-state index in [4.69, 9.17) is 10.2 Å². The molecule has 20 heavy (non-hydrogen) atoms. The van der Waals surface area contributed by atoms with Crippen LogP contribution in [0.3, 0.4) is 0 Å². The number of nitrogens with one attached hydrogen (secondary N) is 1. The molecule has 0 unspecified atom stereocenters. The number of rotatable bonds is 3. The van der Waals surface area contributed by atoms with Gasteiger partial charge >= 0.3 is 0 Å². The van der Waals surface area contributed by atoms with Crippen molar-refractivity contribution < 1.29 is 13.2 Å². The summed E-state index contributed by atoms with van der Waals surface area (Å²) in [5, 5.41) is 3.19. The summed E-state index contributed by atoms with van der Waals surface area (Å²) in [6.07, 6.45) is 4.17. The van der Waals surface area contributed by atoms with E-state index >= 15 is 0 Å². The summed E-state index contributed by atoms with van der Waals surface area (Å²) < 4.78 is 31.6. The lowest BCUT2D eigenvalue weighted by Gasteiger charge is -2.27. The van der Waals surface area contributed by atoms with Gasteiger partial charge in [-0.05, 0) is 38.1 Å². The average Bonchev–Trinajstić information content (AvgIpc) is 2.81. The second-order valence-electron chi connectivity index (χ2n) is 5.35. The smallest absolute Gasteiger partial charge is 0.295 e. The Morgan fingerprint density at radius 3 is 2.60 bits per heavy atom. The Balaban J connectivity index is 1.72. The zero-order valence-electron chi connectivity index (χ0n) is 11.0. The van der Waals surface area contributed by atoms with Crippen LogP contribution >= 0.6 is 0 Å². The van der Waals surface area contributed by atoms with Crippen molar-refractivity contribution in [2.75, 3.05) is 11.9 Å². The second kappa shape index (κ2) is 5.36. The van der Waals surface area contributed by atoms with Gasteiger partial charge in [0.15, 0.2) is 17.2 Å². The van der Waals surface area contributed by atoms with Crippen molar-refractivity contribution >= 4 is 17.1 Å². The summed E-state index contributed by atoms with van der Waals surface area (Å²) >= 11 is 0. The van der Waals surface area contributed by atoms with Crippen LogP contribution in [0, 0.1) is 17.6 Å². The van der Waals surface area contributed by atoms with Crippen LogP contribution in [0.1, 0.15) is 25.7 Å². The minimum absolute atomic E-state index is 0.252. The predicted molar refractivity (Wildman–Crippen MR) is 72.3 cm³/mol. The third kappa shape index (κ3) is 2.60. The molecule has 1 saturated carbocycles. The number of nitrogens with zero attached hydrogens (tertiary/aromatic N) is 1. The quantitative estimate of drug-likeness (QED) is 0.907. The average molecular weight is 281 g/mol. The lowest BCUT2D eigenvalue weighted by molar-refractivity contribution is 0.341. The molecule has 4 nitrogen and oxygen atoms in total. The number of nitrogens with two attached hydrogens (primary N) is 1. The summed E-state index contributed by atoms with van der Waals surface area (Å²) in [7, 11) is 0. The number of oxazole rings is 1. The van der Waals surface area contributed by atoms with Crippen LogP contribution in [0.15, 0.2) is 16.5 Å². The number of halogens is 2. The number of benzene rings is 1. The molecule has 6 heteroatoms. The minimum Gasteiger partial charge on any atom is -0.423 e. The number of hydrogen-bond acceptors (Lipinski definition) is 4. The van der Waals surface area contributed by atoms with Crippen molar-refractivity contribution in [2.45, 2.75) is 31.7 Å². The number of anilines is 1. The highest BCUT2D eigenvalue weighted by atomic mass is 19.2. The van der Waals surface area contributed by atoms with Gasteiger partial charge in [0.2, 0.25) is 0 Å². The predicted octanol–water partition coefficient (Wildman–Crippen LogP) is 3.04. The van der Waals surface area contributed by atoms with Gasteiger partial charge in [-0.3, -0.25) is 0 Å². The molecule has 0 aliphatic heterocycles. The van der Waals surface area contributed by atoms with E-state index in [2.05, 4.69) is 10.3 Å². The van der Waals surface area contributed by atoms with Crippen molar-refractivity contribution in [3.05, 3.63) is 23.8 Å². The highest BCUT2D eigenvalue weighted by molar-refractivity contribution is 5.74. The maximum absolute atomic E-state index is 13.1. The monoisotopic (exact) mass is 281 g/mol. The Hall–Kier alpha value is -1.69. The third-order valence-corrected chi connectivity index (χ3v) is 3.94. The zero-order valence-corrected chi connectivity index (χ0v) is 11.0. The molecule has 0 amide bonds. The van der Waals surface area contributed by atoms with Crippen LogP contribution in [-0.2, 0) is 0 Å². The molecule has 0 radical (unpaired) electrons. The van der Waals surface area contributed by atoms with E-state index in [-0.39, 0.29) is 11.6 Å². The van der Waals surface area contributed by atoms with Crippen molar-refractivity contribution in [3.8, 4) is 0 Å².